The molecule has 0 aromatic rings. The molecule has 1 aliphatic carbocycles. The van der Waals surface area contributed by atoms with Crippen LogP contribution in [0.1, 0.15) is 52.9 Å². The number of amides is 1. The molecule has 1 N–H and O–H groups in total. The SMILES string of the molecule is CCC(C)C1NC(C)N(C2CCCCC2SC)C1=O. The van der Waals surface area contributed by atoms with Crippen LogP contribution in [0.5, 0.6) is 0 Å². The summed E-state index contributed by atoms with van der Waals surface area (Å²) in [5.41, 5.74) is 0. The van der Waals surface area contributed by atoms with Crippen molar-refractivity contribution in [2.45, 2.75) is 76.4 Å². The summed E-state index contributed by atoms with van der Waals surface area (Å²) in [5.74, 6) is 0.768. The molecule has 0 radical (unpaired) electrons. The number of thioether (sulfide) groups is 1. The molecule has 1 aliphatic heterocycles. The second-order valence-electron chi connectivity index (χ2n) is 6.08. The number of rotatable bonds is 4. The van der Waals surface area contributed by atoms with Crippen LogP contribution < -0.4 is 5.32 Å². The summed E-state index contributed by atoms with van der Waals surface area (Å²) in [6.45, 7) is 6.49. The van der Waals surface area contributed by atoms with E-state index in [2.05, 4.69) is 37.2 Å². The Balaban J connectivity index is 2.12. The maximum absolute atomic E-state index is 12.7. The number of carbonyl (C=O) groups excluding carboxylic acids is 1. The van der Waals surface area contributed by atoms with Crippen LogP contribution in [0.4, 0.5) is 0 Å². The summed E-state index contributed by atoms with van der Waals surface area (Å²) in [7, 11) is 0. The Morgan fingerprint density at radius 2 is 2.11 bits per heavy atom. The Bertz CT molecular complexity index is 323. The van der Waals surface area contributed by atoms with Gasteiger partial charge in [-0.1, -0.05) is 33.1 Å². The molecule has 110 valence electrons. The van der Waals surface area contributed by atoms with E-state index in [9.17, 15) is 4.79 Å². The average molecular weight is 284 g/mol. The van der Waals surface area contributed by atoms with E-state index in [0.29, 0.717) is 23.1 Å². The van der Waals surface area contributed by atoms with Crippen molar-refractivity contribution in [3.63, 3.8) is 0 Å². The van der Waals surface area contributed by atoms with Crippen molar-refractivity contribution in [3.05, 3.63) is 0 Å². The molecule has 0 spiro atoms. The second kappa shape index (κ2) is 6.49. The lowest BCUT2D eigenvalue weighted by Gasteiger charge is -2.39. The zero-order valence-corrected chi connectivity index (χ0v) is 13.5. The third-order valence-corrected chi connectivity index (χ3v) is 6.05. The minimum Gasteiger partial charge on any atom is -0.322 e. The second-order valence-corrected chi connectivity index (χ2v) is 7.15. The third kappa shape index (κ3) is 2.94. The average Bonchev–Trinajstić information content (AvgIpc) is 2.73. The van der Waals surface area contributed by atoms with Crippen molar-refractivity contribution < 1.29 is 4.79 Å². The molecule has 4 heteroatoms. The van der Waals surface area contributed by atoms with Crippen LogP contribution in [-0.4, -0.2) is 40.6 Å². The van der Waals surface area contributed by atoms with Gasteiger partial charge in [0.15, 0.2) is 0 Å². The van der Waals surface area contributed by atoms with E-state index in [4.69, 9.17) is 0 Å². The van der Waals surface area contributed by atoms with Gasteiger partial charge in [0, 0.05) is 11.3 Å². The van der Waals surface area contributed by atoms with Crippen molar-refractivity contribution in [2.75, 3.05) is 6.26 Å². The molecule has 1 amide bonds. The van der Waals surface area contributed by atoms with Gasteiger partial charge in [0.05, 0.1) is 12.2 Å². The van der Waals surface area contributed by atoms with E-state index in [-0.39, 0.29) is 12.2 Å². The van der Waals surface area contributed by atoms with E-state index in [1.165, 1.54) is 25.7 Å². The molecule has 3 nitrogen and oxygen atoms in total. The van der Waals surface area contributed by atoms with Gasteiger partial charge in [0.1, 0.15) is 0 Å². The highest BCUT2D eigenvalue weighted by Gasteiger charge is 2.44. The molecular weight excluding hydrogens is 256 g/mol. The highest BCUT2D eigenvalue weighted by Crippen LogP contribution is 2.34. The van der Waals surface area contributed by atoms with Crippen molar-refractivity contribution in [3.8, 4) is 0 Å². The molecule has 1 saturated carbocycles. The van der Waals surface area contributed by atoms with Gasteiger partial charge in [-0.15, -0.1) is 0 Å². The summed E-state index contributed by atoms with van der Waals surface area (Å²) >= 11 is 1.94. The van der Waals surface area contributed by atoms with Crippen molar-refractivity contribution in [1.29, 1.82) is 0 Å². The van der Waals surface area contributed by atoms with Crippen molar-refractivity contribution in [2.24, 2.45) is 5.92 Å². The van der Waals surface area contributed by atoms with Crippen molar-refractivity contribution in [1.82, 2.24) is 10.2 Å². The molecule has 1 saturated heterocycles. The molecule has 5 atom stereocenters. The first-order chi connectivity index (χ1) is 9.10. The van der Waals surface area contributed by atoms with E-state index < -0.39 is 0 Å². The smallest absolute Gasteiger partial charge is 0.241 e. The Morgan fingerprint density at radius 1 is 1.42 bits per heavy atom. The molecule has 2 rings (SSSR count). The van der Waals surface area contributed by atoms with Gasteiger partial charge >= 0.3 is 0 Å². The normalized spacial score (nSPS) is 37.7. The van der Waals surface area contributed by atoms with Crippen LogP contribution >= 0.6 is 11.8 Å². The van der Waals surface area contributed by atoms with Crippen LogP contribution in [0.3, 0.4) is 0 Å². The lowest BCUT2D eigenvalue weighted by Crippen LogP contribution is -2.49. The molecular formula is C15H28N2OS. The predicted molar refractivity (Wildman–Crippen MR) is 82.2 cm³/mol. The standard InChI is InChI=1S/C15H28N2OS/c1-5-10(2)14-15(18)17(11(3)16-14)12-8-6-7-9-13(12)19-4/h10-14,16H,5-9H2,1-4H3. The largest absolute Gasteiger partial charge is 0.322 e. The van der Waals surface area contributed by atoms with Crippen molar-refractivity contribution >= 4 is 17.7 Å². The lowest BCUT2D eigenvalue weighted by molar-refractivity contribution is -0.133. The van der Waals surface area contributed by atoms with Gasteiger partial charge in [0.25, 0.3) is 0 Å². The minimum atomic E-state index is 0.0319. The first-order valence-electron chi connectivity index (χ1n) is 7.71. The Labute approximate surface area is 121 Å². The molecule has 19 heavy (non-hydrogen) atoms. The van der Waals surface area contributed by atoms with Gasteiger partial charge in [0.2, 0.25) is 5.91 Å². The maximum atomic E-state index is 12.7. The predicted octanol–water partition coefficient (Wildman–Crippen LogP) is 2.85. The molecule has 0 aromatic heterocycles. The lowest BCUT2D eigenvalue weighted by atomic mass is 9.92. The van der Waals surface area contributed by atoms with Crippen LogP contribution in [-0.2, 0) is 4.79 Å². The summed E-state index contributed by atoms with van der Waals surface area (Å²) in [6, 6.07) is 0.470. The van der Waals surface area contributed by atoms with Gasteiger partial charge in [-0.3, -0.25) is 10.1 Å². The van der Waals surface area contributed by atoms with Crippen LogP contribution in [0.2, 0.25) is 0 Å². The summed E-state index contributed by atoms with van der Waals surface area (Å²) in [4.78, 5) is 14.9. The quantitative estimate of drug-likeness (QED) is 0.861. The number of nitrogens with zero attached hydrogens (tertiary/aromatic N) is 1. The Hall–Kier alpha value is -0.220. The van der Waals surface area contributed by atoms with Gasteiger partial charge in [-0.25, -0.2) is 0 Å². The molecule has 5 unspecified atom stereocenters. The fraction of sp³-hybridized carbons (Fsp3) is 0.933. The van der Waals surface area contributed by atoms with E-state index >= 15 is 0 Å². The van der Waals surface area contributed by atoms with E-state index in [1.54, 1.807) is 0 Å². The van der Waals surface area contributed by atoms with Crippen LogP contribution in [0, 0.1) is 5.92 Å². The zero-order chi connectivity index (χ0) is 14.0. The molecule has 2 aliphatic rings. The van der Waals surface area contributed by atoms with Gasteiger partial charge < -0.3 is 4.90 Å². The molecule has 2 fully saturated rings. The number of nitrogens with one attached hydrogen (secondary N) is 1. The number of carbonyl (C=O) groups is 1. The Morgan fingerprint density at radius 3 is 2.74 bits per heavy atom. The molecule has 0 bridgehead atoms. The van der Waals surface area contributed by atoms with Gasteiger partial charge in [-0.05, 0) is 31.9 Å². The zero-order valence-electron chi connectivity index (χ0n) is 12.7. The van der Waals surface area contributed by atoms with E-state index in [1.807, 2.05) is 11.8 Å². The third-order valence-electron chi connectivity index (χ3n) is 4.90. The Kier molecular flexibility index (Phi) is 5.18. The molecule has 0 aromatic carbocycles. The maximum Gasteiger partial charge on any atom is 0.241 e. The summed E-state index contributed by atoms with van der Waals surface area (Å²) in [5, 5.41) is 4.14. The minimum absolute atomic E-state index is 0.0319. The fourth-order valence-electron chi connectivity index (χ4n) is 3.53. The topological polar surface area (TPSA) is 32.3 Å². The monoisotopic (exact) mass is 284 g/mol. The first kappa shape index (κ1) is 15.2. The van der Waals surface area contributed by atoms with E-state index in [0.717, 1.165) is 6.42 Å². The van der Waals surface area contributed by atoms with Crippen LogP contribution in [0.25, 0.3) is 0 Å². The number of hydrogen-bond acceptors (Lipinski definition) is 3. The highest BCUT2D eigenvalue weighted by molar-refractivity contribution is 7.99. The highest BCUT2D eigenvalue weighted by atomic mass is 32.2. The van der Waals surface area contributed by atoms with Crippen LogP contribution in [0.15, 0.2) is 0 Å². The number of hydrogen-bond donors (Lipinski definition) is 1. The summed E-state index contributed by atoms with van der Waals surface area (Å²) < 4.78 is 0. The molecule has 1 heterocycles. The summed E-state index contributed by atoms with van der Waals surface area (Å²) in [6.07, 6.45) is 8.47. The fourth-order valence-corrected chi connectivity index (χ4v) is 4.51. The first-order valence-corrected chi connectivity index (χ1v) is 9.00. The van der Waals surface area contributed by atoms with Gasteiger partial charge in [-0.2, -0.15) is 11.8 Å².